The van der Waals surface area contributed by atoms with E-state index >= 15 is 0 Å². The molecule has 74 valence electrons. The summed E-state index contributed by atoms with van der Waals surface area (Å²) >= 11 is 0. The molecule has 0 aromatic heterocycles. The van der Waals surface area contributed by atoms with Gasteiger partial charge in [0.05, 0.1) is 0 Å². The van der Waals surface area contributed by atoms with Crippen molar-refractivity contribution >= 4 is 5.78 Å². The van der Waals surface area contributed by atoms with Crippen LogP contribution in [0.4, 0.5) is 4.39 Å². The van der Waals surface area contributed by atoms with Gasteiger partial charge in [0.1, 0.15) is 5.78 Å². The van der Waals surface area contributed by atoms with Gasteiger partial charge in [-0.3, -0.25) is 14.9 Å². The number of nitro groups is 1. The summed E-state index contributed by atoms with van der Waals surface area (Å²) < 4.78 is 13.0. The van der Waals surface area contributed by atoms with Crippen LogP contribution < -0.4 is 0 Å². The van der Waals surface area contributed by atoms with Crippen molar-refractivity contribution < 1.29 is 14.1 Å². The summed E-state index contributed by atoms with van der Waals surface area (Å²) in [6.45, 7) is 1.40. The minimum atomic E-state index is -1.38. The molecule has 0 aromatic rings. The summed E-state index contributed by atoms with van der Waals surface area (Å²) in [5.41, 5.74) is 0. The minimum absolute atomic E-state index is 0.0590. The van der Waals surface area contributed by atoms with E-state index < -0.39 is 17.1 Å². The van der Waals surface area contributed by atoms with E-state index in [0.29, 0.717) is 6.42 Å². The van der Waals surface area contributed by atoms with E-state index in [1.165, 1.54) is 6.92 Å². The van der Waals surface area contributed by atoms with Gasteiger partial charge in [0.2, 0.25) is 6.04 Å². The lowest BCUT2D eigenvalue weighted by Gasteiger charge is -2.24. The second-order valence-electron chi connectivity index (χ2n) is 3.49. The summed E-state index contributed by atoms with van der Waals surface area (Å²) in [5, 5.41) is 10.4. The molecular weight excluding hydrogens is 177 g/mol. The molecule has 1 aliphatic rings. The lowest BCUT2D eigenvalue weighted by molar-refractivity contribution is -0.535. The largest absolute Gasteiger partial charge is 0.300 e. The molecule has 0 aromatic carbocycles. The molecule has 13 heavy (non-hydrogen) atoms. The van der Waals surface area contributed by atoms with Crippen molar-refractivity contribution in [2.24, 2.45) is 5.92 Å². The zero-order chi connectivity index (χ0) is 10.0. The molecule has 3 unspecified atom stereocenters. The molecule has 0 radical (unpaired) electrons. The van der Waals surface area contributed by atoms with Gasteiger partial charge in [0.15, 0.2) is 6.17 Å². The van der Waals surface area contributed by atoms with Crippen molar-refractivity contribution in [1.82, 2.24) is 0 Å². The Balaban J connectivity index is 2.63. The number of hydrogen-bond donors (Lipinski definition) is 0. The third-order valence-corrected chi connectivity index (χ3v) is 2.58. The fraction of sp³-hybridized carbons (Fsp3) is 0.875. The molecule has 1 saturated carbocycles. The third-order valence-electron chi connectivity index (χ3n) is 2.58. The molecule has 1 fully saturated rings. The Kier molecular flexibility index (Phi) is 2.95. The van der Waals surface area contributed by atoms with Crippen LogP contribution in [0.5, 0.6) is 0 Å². The molecule has 0 bridgehead atoms. The normalized spacial score (nSPS) is 34.2. The van der Waals surface area contributed by atoms with Gasteiger partial charge in [0.25, 0.3) is 0 Å². The number of carbonyl (C=O) groups is 1. The molecule has 1 aliphatic carbocycles. The van der Waals surface area contributed by atoms with Gasteiger partial charge in [-0.05, 0) is 19.8 Å². The first kappa shape index (κ1) is 10.1. The number of rotatable bonds is 2. The van der Waals surface area contributed by atoms with Crippen LogP contribution in [0.3, 0.4) is 0 Å². The number of ketones is 1. The molecule has 0 amide bonds. The van der Waals surface area contributed by atoms with E-state index in [9.17, 15) is 19.3 Å². The monoisotopic (exact) mass is 189 g/mol. The number of carbonyl (C=O) groups excluding carboxylic acids is 1. The molecule has 0 heterocycles. The van der Waals surface area contributed by atoms with Crippen molar-refractivity contribution in [2.75, 3.05) is 0 Å². The molecule has 5 heteroatoms. The van der Waals surface area contributed by atoms with Crippen LogP contribution in [0.2, 0.25) is 0 Å². The first-order valence-electron chi connectivity index (χ1n) is 4.30. The van der Waals surface area contributed by atoms with Crippen molar-refractivity contribution in [3.8, 4) is 0 Å². The van der Waals surface area contributed by atoms with Crippen molar-refractivity contribution in [3.05, 3.63) is 10.1 Å². The molecular formula is C8H12FNO3. The highest BCUT2D eigenvalue weighted by molar-refractivity contribution is 5.78. The van der Waals surface area contributed by atoms with E-state index in [0.717, 1.165) is 0 Å². The van der Waals surface area contributed by atoms with Crippen LogP contribution >= 0.6 is 0 Å². The van der Waals surface area contributed by atoms with Gasteiger partial charge in [-0.1, -0.05) is 0 Å². The third kappa shape index (κ3) is 2.23. The number of halogens is 1. The molecule has 0 saturated heterocycles. The van der Waals surface area contributed by atoms with E-state index in [2.05, 4.69) is 0 Å². The average Bonchev–Trinajstić information content (AvgIpc) is 2.04. The van der Waals surface area contributed by atoms with Gasteiger partial charge in [-0.15, -0.1) is 0 Å². The predicted molar refractivity (Wildman–Crippen MR) is 43.7 cm³/mol. The lowest BCUT2D eigenvalue weighted by Crippen LogP contribution is -2.38. The summed E-state index contributed by atoms with van der Waals surface area (Å²) in [4.78, 5) is 20.7. The van der Waals surface area contributed by atoms with E-state index in [1.54, 1.807) is 0 Å². The maximum atomic E-state index is 13.0. The Morgan fingerprint density at radius 1 is 1.54 bits per heavy atom. The first-order chi connectivity index (χ1) is 6.02. The van der Waals surface area contributed by atoms with Crippen molar-refractivity contribution in [1.29, 1.82) is 0 Å². The van der Waals surface area contributed by atoms with Crippen molar-refractivity contribution in [3.63, 3.8) is 0 Å². The second kappa shape index (κ2) is 3.81. The molecule has 0 aliphatic heterocycles. The van der Waals surface area contributed by atoms with E-state index in [1.807, 2.05) is 0 Å². The molecule has 4 nitrogen and oxygen atoms in total. The standard InChI is InChI=1S/C8H12FNO3/c1-5(11)6-2-3-7(9)8(4-6)10(12)13/h6-8H,2-4H2,1H3. The maximum Gasteiger partial charge on any atom is 0.244 e. The molecule has 0 N–H and O–H groups in total. The zero-order valence-corrected chi connectivity index (χ0v) is 7.40. The quantitative estimate of drug-likeness (QED) is 0.486. The number of alkyl halides is 1. The van der Waals surface area contributed by atoms with Gasteiger partial charge in [0, 0.05) is 17.3 Å². The Morgan fingerprint density at radius 3 is 2.62 bits per heavy atom. The fourth-order valence-electron chi connectivity index (χ4n) is 1.70. The topological polar surface area (TPSA) is 60.2 Å². The Morgan fingerprint density at radius 2 is 2.15 bits per heavy atom. The van der Waals surface area contributed by atoms with E-state index in [4.69, 9.17) is 0 Å². The van der Waals surface area contributed by atoms with Crippen LogP contribution in [0, 0.1) is 16.0 Å². The van der Waals surface area contributed by atoms with Gasteiger partial charge in [-0.2, -0.15) is 0 Å². The predicted octanol–water partition coefficient (Wildman–Crippen LogP) is 1.36. The van der Waals surface area contributed by atoms with Crippen LogP contribution in [-0.4, -0.2) is 22.9 Å². The smallest absolute Gasteiger partial charge is 0.244 e. The first-order valence-corrected chi connectivity index (χ1v) is 4.30. The lowest BCUT2D eigenvalue weighted by atomic mass is 9.83. The highest BCUT2D eigenvalue weighted by Crippen LogP contribution is 2.28. The van der Waals surface area contributed by atoms with E-state index in [-0.39, 0.29) is 24.5 Å². The summed E-state index contributed by atoms with van der Waals surface area (Å²) in [5.74, 6) is -0.388. The molecule has 3 atom stereocenters. The maximum absolute atomic E-state index is 13.0. The van der Waals surface area contributed by atoms with Crippen molar-refractivity contribution in [2.45, 2.75) is 38.4 Å². The second-order valence-corrected chi connectivity index (χ2v) is 3.49. The van der Waals surface area contributed by atoms with Crippen LogP contribution in [0.1, 0.15) is 26.2 Å². The van der Waals surface area contributed by atoms with Gasteiger partial charge in [-0.25, -0.2) is 4.39 Å². The zero-order valence-electron chi connectivity index (χ0n) is 7.40. The van der Waals surface area contributed by atoms with Crippen LogP contribution in [0.15, 0.2) is 0 Å². The summed E-state index contributed by atoms with van der Waals surface area (Å²) in [7, 11) is 0. The average molecular weight is 189 g/mol. The van der Waals surface area contributed by atoms with Gasteiger partial charge >= 0.3 is 0 Å². The molecule has 1 rings (SSSR count). The number of nitrogens with zero attached hydrogens (tertiary/aromatic N) is 1. The highest BCUT2D eigenvalue weighted by atomic mass is 19.1. The van der Waals surface area contributed by atoms with Crippen LogP contribution in [-0.2, 0) is 4.79 Å². The summed E-state index contributed by atoms with van der Waals surface area (Å²) in [6, 6.07) is -1.18. The Labute approximate surface area is 75.3 Å². The Bertz CT molecular complexity index is 231. The Hall–Kier alpha value is -1.00. The summed E-state index contributed by atoms with van der Waals surface area (Å²) in [6.07, 6.45) is -0.745. The minimum Gasteiger partial charge on any atom is -0.300 e. The highest BCUT2D eigenvalue weighted by Gasteiger charge is 2.39. The SMILES string of the molecule is CC(=O)C1CCC(F)C([N+](=O)[O-])C1. The molecule has 0 spiro atoms. The fourth-order valence-corrected chi connectivity index (χ4v) is 1.70. The van der Waals surface area contributed by atoms with Gasteiger partial charge < -0.3 is 0 Å². The van der Waals surface area contributed by atoms with Crippen LogP contribution in [0.25, 0.3) is 0 Å². The number of hydrogen-bond acceptors (Lipinski definition) is 3. The number of Topliss-reactive ketones (excluding diaryl/α,β-unsaturated/α-hetero) is 1.